The molecule has 3 heteroatoms. The van der Waals surface area contributed by atoms with Crippen molar-refractivity contribution < 1.29 is 9.84 Å². The Morgan fingerprint density at radius 1 is 1.57 bits per heavy atom. The monoisotopic (exact) mass is 256 g/mol. The molecule has 1 atom stereocenters. The first-order valence-electron chi connectivity index (χ1n) is 4.27. The van der Waals surface area contributed by atoms with Crippen molar-refractivity contribution in [1.29, 1.82) is 0 Å². The van der Waals surface area contributed by atoms with Crippen LogP contribution in [0.5, 0.6) is 11.5 Å². The number of benzene rings is 1. The zero-order valence-electron chi connectivity index (χ0n) is 8.25. The fraction of sp³-hybridized carbons (Fsp3) is 0.273. The van der Waals surface area contributed by atoms with Crippen molar-refractivity contribution in [2.75, 3.05) is 7.11 Å². The average molecular weight is 257 g/mol. The Kier molecular flexibility index (Phi) is 3.58. The second kappa shape index (κ2) is 4.51. The summed E-state index contributed by atoms with van der Waals surface area (Å²) in [4.78, 5) is 0. The van der Waals surface area contributed by atoms with E-state index in [-0.39, 0.29) is 11.7 Å². The van der Waals surface area contributed by atoms with E-state index in [4.69, 9.17) is 4.74 Å². The summed E-state index contributed by atoms with van der Waals surface area (Å²) >= 11 is 3.31. The summed E-state index contributed by atoms with van der Waals surface area (Å²) in [6, 6.07) is 5.16. The average Bonchev–Trinajstić information content (AvgIpc) is 2.17. The molecule has 0 radical (unpaired) electrons. The van der Waals surface area contributed by atoms with Gasteiger partial charge in [-0.05, 0) is 22.7 Å². The highest BCUT2D eigenvalue weighted by Gasteiger charge is 2.12. The van der Waals surface area contributed by atoms with Crippen molar-refractivity contribution in [2.24, 2.45) is 0 Å². The van der Waals surface area contributed by atoms with Gasteiger partial charge in [-0.15, -0.1) is 0 Å². The van der Waals surface area contributed by atoms with Crippen LogP contribution in [0.1, 0.15) is 18.4 Å². The van der Waals surface area contributed by atoms with Crippen LogP contribution in [0.15, 0.2) is 29.3 Å². The second-order valence-corrected chi connectivity index (χ2v) is 4.11. The van der Waals surface area contributed by atoms with Crippen LogP contribution in [0.25, 0.3) is 0 Å². The molecule has 1 rings (SSSR count). The van der Waals surface area contributed by atoms with E-state index in [1.54, 1.807) is 19.2 Å². The van der Waals surface area contributed by atoms with Crippen molar-refractivity contribution in [3.8, 4) is 11.5 Å². The fourth-order valence-electron chi connectivity index (χ4n) is 1.18. The lowest BCUT2D eigenvalue weighted by Gasteiger charge is -2.13. The minimum absolute atomic E-state index is 0.0603. The molecule has 1 N–H and O–H groups in total. The van der Waals surface area contributed by atoms with Gasteiger partial charge in [0.05, 0.1) is 7.11 Å². The van der Waals surface area contributed by atoms with Gasteiger partial charge in [-0.3, -0.25) is 0 Å². The van der Waals surface area contributed by atoms with Gasteiger partial charge in [-0.25, -0.2) is 0 Å². The van der Waals surface area contributed by atoms with Gasteiger partial charge in [0.1, 0.15) is 11.5 Å². The van der Waals surface area contributed by atoms with Crippen LogP contribution in [0.2, 0.25) is 0 Å². The van der Waals surface area contributed by atoms with E-state index >= 15 is 0 Å². The molecule has 0 aliphatic rings. The summed E-state index contributed by atoms with van der Waals surface area (Å²) in [6.07, 6.45) is 0. The summed E-state index contributed by atoms with van der Waals surface area (Å²) in [5, 5.41) is 9.63. The van der Waals surface area contributed by atoms with Crippen LogP contribution in [0.3, 0.4) is 0 Å². The highest BCUT2D eigenvalue weighted by molar-refractivity contribution is 9.11. The number of phenolic OH excluding ortho intramolecular Hbond substituents is 1. The van der Waals surface area contributed by atoms with Crippen molar-refractivity contribution >= 4 is 15.9 Å². The third-order valence-corrected chi connectivity index (χ3v) is 2.86. The van der Waals surface area contributed by atoms with Gasteiger partial charge in [-0.2, -0.15) is 0 Å². The van der Waals surface area contributed by atoms with Gasteiger partial charge in [-0.1, -0.05) is 29.4 Å². The Balaban J connectivity index is 3.11. The molecule has 0 aliphatic carbocycles. The number of phenols is 1. The molecule has 0 saturated carbocycles. The summed E-state index contributed by atoms with van der Waals surface area (Å²) in [6.45, 7) is 5.76. The second-order valence-electron chi connectivity index (χ2n) is 3.09. The molecule has 0 spiro atoms. The minimum Gasteiger partial charge on any atom is -0.508 e. The van der Waals surface area contributed by atoms with E-state index in [0.29, 0.717) is 0 Å². The summed E-state index contributed by atoms with van der Waals surface area (Å²) in [7, 11) is 1.60. The molecule has 0 aliphatic heterocycles. The number of allylic oxidation sites excluding steroid dienone is 1. The van der Waals surface area contributed by atoms with E-state index < -0.39 is 0 Å². The maximum Gasteiger partial charge on any atom is 0.119 e. The lowest BCUT2D eigenvalue weighted by molar-refractivity contribution is 0.410. The maximum absolute atomic E-state index is 9.63. The fourth-order valence-corrected chi connectivity index (χ4v) is 1.42. The van der Waals surface area contributed by atoms with E-state index in [0.717, 1.165) is 15.8 Å². The molecule has 0 saturated heterocycles. The first-order chi connectivity index (χ1) is 6.56. The standard InChI is InChI=1S/C11H13BrO2/c1-7(8(2)12)10-6-9(14-3)4-5-11(10)13/h4-7,13H,2H2,1,3H3. The maximum atomic E-state index is 9.63. The number of methoxy groups -OCH3 is 1. The van der Waals surface area contributed by atoms with Gasteiger partial charge in [0.25, 0.3) is 0 Å². The Morgan fingerprint density at radius 2 is 2.21 bits per heavy atom. The van der Waals surface area contributed by atoms with Gasteiger partial charge >= 0.3 is 0 Å². The minimum atomic E-state index is 0.0603. The van der Waals surface area contributed by atoms with Crippen LogP contribution >= 0.6 is 15.9 Å². The van der Waals surface area contributed by atoms with Crippen LogP contribution in [-0.2, 0) is 0 Å². The van der Waals surface area contributed by atoms with Crippen LogP contribution in [-0.4, -0.2) is 12.2 Å². The van der Waals surface area contributed by atoms with Gasteiger partial charge in [0.2, 0.25) is 0 Å². The molecular formula is C11H13BrO2. The molecule has 0 amide bonds. The van der Waals surface area contributed by atoms with Crippen molar-refractivity contribution in [2.45, 2.75) is 12.8 Å². The number of halogens is 1. The van der Waals surface area contributed by atoms with Crippen LogP contribution in [0.4, 0.5) is 0 Å². The van der Waals surface area contributed by atoms with Crippen LogP contribution in [0, 0.1) is 0 Å². The molecule has 14 heavy (non-hydrogen) atoms. The van der Waals surface area contributed by atoms with Gasteiger partial charge in [0.15, 0.2) is 0 Å². The lowest BCUT2D eigenvalue weighted by atomic mass is 10.00. The summed E-state index contributed by atoms with van der Waals surface area (Å²) < 4.78 is 5.92. The normalized spacial score (nSPS) is 12.2. The molecule has 0 aromatic heterocycles. The van der Waals surface area contributed by atoms with E-state index in [2.05, 4.69) is 22.5 Å². The highest BCUT2D eigenvalue weighted by Crippen LogP contribution is 2.34. The molecule has 1 aromatic carbocycles. The molecule has 76 valence electrons. The predicted molar refractivity (Wildman–Crippen MR) is 61.1 cm³/mol. The molecular weight excluding hydrogens is 244 g/mol. The van der Waals surface area contributed by atoms with Gasteiger partial charge < -0.3 is 9.84 Å². The Morgan fingerprint density at radius 3 is 2.71 bits per heavy atom. The zero-order chi connectivity index (χ0) is 10.7. The molecule has 1 aromatic rings. The Hall–Kier alpha value is -0.960. The largest absolute Gasteiger partial charge is 0.508 e. The van der Waals surface area contributed by atoms with Crippen molar-refractivity contribution in [3.05, 3.63) is 34.8 Å². The third-order valence-electron chi connectivity index (χ3n) is 2.17. The summed E-state index contributed by atoms with van der Waals surface area (Å²) in [5.74, 6) is 1.06. The number of hydrogen-bond acceptors (Lipinski definition) is 2. The number of ether oxygens (including phenoxy) is 1. The number of hydrogen-bond donors (Lipinski definition) is 1. The van der Waals surface area contributed by atoms with Crippen molar-refractivity contribution in [3.63, 3.8) is 0 Å². The zero-order valence-corrected chi connectivity index (χ0v) is 9.84. The first kappa shape index (κ1) is 11.1. The van der Waals surface area contributed by atoms with E-state index in [1.165, 1.54) is 0 Å². The topological polar surface area (TPSA) is 29.5 Å². The Labute approximate surface area is 92.3 Å². The third kappa shape index (κ3) is 2.29. The lowest BCUT2D eigenvalue weighted by Crippen LogP contribution is -1.94. The Bertz CT molecular complexity index is 347. The predicted octanol–water partition coefficient (Wildman–Crippen LogP) is 3.41. The number of rotatable bonds is 3. The van der Waals surface area contributed by atoms with Crippen molar-refractivity contribution in [1.82, 2.24) is 0 Å². The number of aromatic hydroxyl groups is 1. The van der Waals surface area contributed by atoms with E-state index in [1.807, 2.05) is 13.0 Å². The SMILES string of the molecule is C=C(Br)C(C)c1cc(OC)ccc1O. The summed E-state index contributed by atoms with van der Waals surface area (Å²) in [5.41, 5.74) is 0.811. The molecule has 1 unspecified atom stereocenters. The highest BCUT2D eigenvalue weighted by atomic mass is 79.9. The molecule has 0 bridgehead atoms. The molecule has 0 fully saturated rings. The smallest absolute Gasteiger partial charge is 0.119 e. The molecule has 2 nitrogen and oxygen atoms in total. The van der Waals surface area contributed by atoms with E-state index in [9.17, 15) is 5.11 Å². The van der Waals surface area contributed by atoms with Crippen LogP contribution < -0.4 is 4.74 Å². The first-order valence-corrected chi connectivity index (χ1v) is 5.06. The quantitative estimate of drug-likeness (QED) is 0.899. The van der Waals surface area contributed by atoms with Gasteiger partial charge in [0, 0.05) is 11.5 Å². The molecule has 0 heterocycles.